The van der Waals surface area contributed by atoms with E-state index < -0.39 is 7.82 Å². The number of hydrogen-bond acceptors (Lipinski definition) is 3. The summed E-state index contributed by atoms with van der Waals surface area (Å²) < 4.78 is 16.1. The molecule has 0 aliphatic carbocycles. The molecule has 0 aliphatic rings. The lowest BCUT2D eigenvalue weighted by atomic mass is 10.1. The molecule has 0 radical (unpaired) electrons. The lowest BCUT2D eigenvalue weighted by molar-refractivity contribution is 0.229. The highest BCUT2D eigenvalue weighted by Crippen LogP contribution is 2.41. The summed E-state index contributed by atoms with van der Waals surface area (Å²) >= 11 is 0. The van der Waals surface area contributed by atoms with E-state index in [4.69, 9.17) is 14.3 Å². The van der Waals surface area contributed by atoms with Gasteiger partial charge in [-0.3, -0.25) is 14.7 Å². The maximum atomic E-state index is 11.2. The van der Waals surface area contributed by atoms with Crippen LogP contribution in [0.15, 0.2) is 37.1 Å². The molecule has 24 heavy (non-hydrogen) atoms. The van der Waals surface area contributed by atoms with E-state index in [1.807, 2.05) is 18.3 Å². The minimum Gasteiger partial charge on any atom is -0.404 e. The predicted molar refractivity (Wildman–Crippen MR) is 96.2 cm³/mol. The van der Waals surface area contributed by atoms with Crippen molar-refractivity contribution in [3.8, 4) is 5.75 Å². The topological polar surface area (TPSA) is 85.8 Å². The maximum absolute atomic E-state index is 11.2. The average Bonchev–Trinajstić information content (AvgIpc) is 2.93. The zero-order valence-electron chi connectivity index (χ0n) is 14.1. The van der Waals surface area contributed by atoms with Gasteiger partial charge in [-0.25, -0.2) is 4.57 Å². The van der Waals surface area contributed by atoms with Crippen LogP contribution in [0.4, 0.5) is 0 Å². The number of aromatic nitrogens is 1. The highest BCUT2D eigenvalue weighted by atomic mass is 31.2. The molecule has 0 fully saturated rings. The molecule has 1 aromatic heterocycles. The van der Waals surface area contributed by atoms with Crippen molar-refractivity contribution in [3.63, 3.8) is 0 Å². The van der Waals surface area contributed by atoms with Crippen molar-refractivity contribution in [1.82, 2.24) is 9.88 Å². The van der Waals surface area contributed by atoms with Crippen molar-refractivity contribution < 1.29 is 18.9 Å². The standard InChI is InChI=1S/C17H25N2O4P/c1-4-10-19(13(3)5-2)11-9-14-12-18-15-7-6-8-16(17(14)15)23-24(20,21)22/h4,6-8,12-13,18H,1,5,9-11H2,2-3H3,(H2,20,21,22). The monoisotopic (exact) mass is 352 g/mol. The predicted octanol–water partition coefficient (Wildman–Crippen LogP) is 3.47. The van der Waals surface area contributed by atoms with Crippen LogP contribution in [0.2, 0.25) is 0 Å². The zero-order valence-corrected chi connectivity index (χ0v) is 15.0. The van der Waals surface area contributed by atoms with Crippen LogP contribution in [0, 0.1) is 0 Å². The van der Waals surface area contributed by atoms with Gasteiger partial charge in [0.05, 0.1) is 0 Å². The Kier molecular flexibility index (Phi) is 6.24. The SMILES string of the molecule is C=CCN(CCc1c[nH]c2cccc(OP(=O)(O)O)c12)C(C)CC. The Balaban J connectivity index is 2.25. The first-order chi connectivity index (χ1) is 11.4. The second-order valence-corrected chi connectivity index (χ2v) is 7.03. The number of H-pyrrole nitrogens is 1. The molecule has 6 nitrogen and oxygen atoms in total. The number of phosphoric ester groups is 1. The van der Waals surface area contributed by atoms with Crippen LogP contribution in [0.5, 0.6) is 5.75 Å². The summed E-state index contributed by atoms with van der Waals surface area (Å²) in [7, 11) is -4.59. The number of nitrogens with zero attached hydrogens (tertiary/aromatic N) is 1. The van der Waals surface area contributed by atoms with E-state index >= 15 is 0 Å². The van der Waals surface area contributed by atoms with E-state index in [1.165, 1.54) is 0 Å². The third-order valence-corrected chi connectivity index (χ3v) is 4.65. The molecule has 3 N–H and O–H groups in total. The fourth-order valence-corrected chi connectivity index (χ4v) is 3.21. The third-order valence-electron chi connectivity index (χ3n) is 4.21. The van der Waals surface area contributed by atoms with E-state index in [0.29, 0.717) is 6.04 Å². The van der Waals surface area contributed by atoms with E-state index in [-0.39, 0.29) is 5.75 Å². The number of phosphoric acid groups is 1. The van der Waals surface area contributed by atoms with Gasteiger partial charge < -0.3 is 9.51 Å². The van der Waals surface area contributed by atoms with E-state index in [9.17, 15) is 4.57 Å². The van der Waals surface area contributed by atoms with Crippen LogP contribution < -0.4 is 4.52 Å². The Morgan fingerprint density at radius 3 is 2.83 bits per heavy atom. The lowest BCUT2D eigenvalue weighted by Gasteiger charge is -2.27. The highest BCUT2D eigenvalue weighted by Gasteiger charge is 2.20. The average molecular weight is 352 g/mol. The van der Waals surface area contributed by atoms with Gasteiger partial charge in [-0.05, 0) is 37.5 Å². The number of nitrogens with one attached hydrogen (secondary N) is 1. The summed E-state index contributed by atoms with van der Waals surface area (Å²) in [4.78, 5) is 23.7. The van der Waals surface area contributed by atoms with Gasteiger partial charge in [0, 0.05) is 36.2 Å². The van der Waals surface area contributed by atoms with Crippen LogP contribution in [-0.2, 0) is 11.0 Å². The molecule has 2 aromatic rings. The van der Waals surface area contributed by atoms with Gasteiger partial charge in [0.1, 0.15) is 5.75 Å². The molecule has 1 heterocycles. The minimum atomic E-state index is -4.59. The fourth-order valence-electron chi connectivity index (χ4n) is 2.80. The molecular weight excluding hydrogens is 327 g/mol. The van der Waals surface area contributed by atoms with Gasteiger partial charge in [-0.15, -0.1) is 6.58 Å². The molecule has 1 unspecified atom stereocenters. The summed E-state index contributed by atoms with van der Waals surface area (Å²) in [6, 6.07) is 5.59. The van der Waals surface area contributed by atoms with E-state index in [0.717, 1.165) is 42.4 Å². The highest BCUT2D eigenvalue weighted by molar-refractivity contribution is 7.46. The Labute approximate surface area is 142 Å². The molecule has 132 valence electrons. The number of aromatic amines is 1. The number of hydrogen-bond donors (Lipinski definition) is 3. The molecule has 0 saturated heterocycles. The van der Waals surface area contributed by atoms with Crippen molar-refractivity contribution >= 4 is 18.7 Å². The van der Waals surface area contributed by atoms with Gasteiger partial charge >= 0.3 is 7.82 Å². The second-order valence-electron chi connectivity index (χ2n) is 5.87. The fraction of sp³-hybridized carbons (Fsp3) is 0.412. The number of rotatable bonds is 9. The lowest BCUT2D eigenvalue weighted by Crippen LogP contribution is -2.34. The Bertz CT molecular complexity index is 737. The van der Waals surface area contributed by atoms with Crippen molar-refractivity contribution in [1.29, 1.82) is 0 Å². The molecule has 1 atom stereocenters. The molecule has 0 aliphatic heterocycles. The molecule has 7 heteroatoms. The summed E-state index contributed by atoms with van der Waals surface area (Å²) in [6.45, 7) is 9.79. The Hall–Kier alpha value is -1.59. The quantitative estimate of drug-likeness (QED) is 0.475. The number of fused-ring (bicyclic) bond motifs is 1. The van der Waals surface area contributed by atoms with Gasteiger partial charge in [-0.1, -0.05) is 19.1 Å². The van der Waals surface area contributed by atoms with Crippen molar-refractivity contribution in [2.75, 3.05) is 13.1 Å². The molecule has 0 spiro atoms. The number of benzene rings is 1. The van der Waals surface area contributed by atoms with E-state index in [1.54, 1.807) is 12.1 Å². The van der Waals surface area contributed by atoms with Gasteiger partial charge in [0.15, 0.2) is 0 Å². The summed E-state index contributed by atoms with van der Waals surface area (Å²) in [5.41, 5.74) is 1.78. The Morgan fingerprint density at radius 1 is 1.46 bits per heavy atom. The summed E-state index contributed by atoms with van der Waals surface area (Å²) in [5.74, 6) is 0.205. The normalized spacial score (nSPS) is 13.4. The molecule has 1 aromatic carbocycles. The van der Waals surface area contributed by atoms with Crippen molar-refractivity contribution in [2.24, 2.45) is 0 Å². The van der Waals surface area contributed by atoms with Crippen LogP contribution in [0.1, 0.15) is 25.8 Å². The van der Waals surface area contributed by atoms with Crippen LogP contribution in [0.3, 0.4) is 0 Å². The largest absolute Gasteiger partial charge is 0.524 e. The summed E-state index contributed by atoms with van der Waals surface area (Å²) in [5, 5.41) is 0.725. The molecule has 0 saturated carbocycles. The van der Waals surface area contributed by atoms with E-state index in [2.05, 4.69) is 30.3 Å². The molecule has 0 amide bonds. The Morgan fingerprint density at radius 2 is 2.21 bits per heavy atom. The summed E-state index contributed by atoms with van der Waals surface area (Å²) in [6.07, 6.45) is 5.57. The van der Waals surface area contributed by atoms with Crippen LogP contribution in [0.25, 0.3) is 10.9 Å². The molecule has 2 rings (SSSR count). The van der Waals surface area contributed by atoms with Crippen molar-refractivity contribution in [3.05, 3.63) is 42.6 Å². The van der Waals surface area contributed by atoms with Crippen LogP contribution >= 0.6 is 7.82 Å². The first kappa shape index (κ1) is 18.7. The molecular formula is C17H25N2O4P. The first-order valence-electron chi connectivity index (χ1n) is 8.04. The van der Waals surface area contributed by atoms with Crippen molar-refractivity contribution in [2.45, 2.75) is 32.7 Å². The minimum absolute atomic E-state index is 0.205. The zero-order chi connectivity index (χ0) is 17.7. The smallest absolute Gasteiger partial charge is 0.404 e. The van der Waals surface area contributed by atoms with Gasteiger partial charge in [-0.2, -0.15) is 0 Å². The van der Waals surface area contributed by atoms with Crippen LogP contribution in [-0.4, -0.2) is 38.8 Å². The van der Waals surface area contributed by atoms with Gasteiger partial charge in [0.25, 0.3) is 0 Å². The van der Waals surface area contributed by atoms with Gasteiger partial charge in [0.2, 0.25) is 0 Å². The second kappa shape index (κ2) is 7.99. The first-order valence-corrected chi connectivity index (χ1v) is 9.57. The molecule has 0 bridgehead atoms. The third kappa shape index (κ3) is 4.71. The maximum Gasteiger partial charge on any atom is 0.524 e.